The van der Waals surface area contributed by atoms with Gasteiger partial charge in [0.05, 0.1) is 6.20 Å². The summed E-state index contributed by atoms with van der Waals surface area (Å²) in [5.74, 6) is -0.802. The Hall–Kier alpha value is -2.05. The molecule has 0 spiro atoms. The molecule has 4 N–H and O–H groups in total. The average Bonchev–Trinajstić information content (AvgIpc) is 2.79. The maximum atomic E-state index is 11.7. The van der Waals surface area contributed by atoms with Gasteiger partial charge in [0.2, 0.25) is 0 Å². The first kappa shape index (κ1) is 17.0. The minimum atomic E-state index is -1.01. The number of urea groups is 1. The minimum absolute atomic E-state index is 0.204. The Morgan fingerprint density at radius 3 is 2.67 bits per heavy atom. The van der Waals surface area contributed by atoms with E-state index in [2.05, 4.69) is 20.8 Å². The van der Waals surface area contributed by atoms with Gasteiger partial charge in [-0.05, 0) is 37.7 Å². The second kappa shape index (κ2) is 8.28. The number of aromatic nitrogens is 2. The van der Waals surface area contributed by atoms with Gasteiger partial charge in [0.15, 0.2) is 0 Å². The zero-order valence-corrected chi connectivity index (χ0v) is 12.8. The van der Waals surface area contributed by atoms with Gasteiger partial charge < -0.3 is 15.7 Å². The molecule has 0 aliphatic rings. The molecule has 1 aromatic rings. The first-order valence-electron chi connectivity index (χ1n) is 7.16. The predicted molar refractivity (Wildman–Crippen MR) is 79.1 cm³/mol. The fourth-order valence-electron chi connectivity index (χ4n) is 2.01. The largest absolute Gasteiger partial charge is 0.480 e. The third kappa shape index (κ3) is 6.29. The molecule has 2 amide bonds. The third-order valence-corrected chi connectivity index (χ3v) is 3.15. The second-order valence-electron chi connectivity index (χ2n) is 5.54. The molecule has 118 valence electrons. The van der Waals surface area contributed by atoms with Crippen molar-refractivity contribution in [3.05, 3.63) is 17.5 Å². The summed E-state index contributed by atoms with van der Waals surface area (Å²) in [5.41, 5.74) is 2.16. The van der Waals surface area contributed by atoms with Crippen molar-refractivity contribution in [2.45, 2.75) is 46.1 Å². The molecule has 0 aliphatic heterocycles. The monoisotopic (exact) mass is 296 g/mol. The molecule has 0 saturated heterocycles. The smallest absolute Gasteiger partial charge is 0.326 e. The summed E-state index contributed by atoms with van der Waals surface area (Å²) in [6.07, 6.45) is 3.78. The number of rotatable bonds is 8. The molecule has 0 aromatic carbocycles. The normalized spacial score (nSPS) is 12.2. The number of amides is 2. The van der Waals surface area contributed by atoms with Crippen molar-refractivity contribution in [1.82, 2.24) is 20.8 Å². The van der Waals surface area contributed by atoms with Gasteiger partial charge in [-0.1, -0.05) is 13.8 Å². The minimum Gasteiger partial charge on any atom is -0.480 e. The summed E-state index contributed by atoms with van der Waals surface area (Å²) in [6, 6.07) is -1.28. The number of nitrogens with one attached hydrogen (secondary N) is 3. The van der Waals surface area contributed by atoms with Gasteiger partial charge in [0.25, 0.3) is 0 Å². The summed E-state index contributed by atoms with van der Waals surface area (Å²) in [5, 5.41) is 21.0. The van der Waals surface area contributed by atoms with Crippen LogP contribution < -0.4 is 10.6 Å². The molecule has 0 radical (unpaired) electrons. The molecule has 1 rings (SSSR count). The lowest BCUT2D eigenvalue weighted by Gasteiger charge is -2.16. The van der Waals surface area contributed by atoms with Crippen LogP contribution in [-0.2, 0) is 11.2 Å². The van der Waals surface area contributed by atoms with Crippen LogP contribution >= 0.6 is 0 Å². The van der Waals surface area contributed by atoms with Crippen LogP contribution in [0.1, 0.15) is 37.9 Å². The molecular weight excluding hydrogens is 272 g/mol. The van der Waals surface area contributed by atoms with E-state index in [0.29, 0.717) is 13.0 Å². The Labute approximate surface area is 124 Å². The Bertz CT molecular complexity index is 471. The van der Waals surface area contributed by atoms with Crippen LogP contribution in [0.2, 0.25) is 0 Å². The van der Waals surface area contributed by atoms with Crippen molar-refractivity contribution in [2.75, 3.05) is 6.54 Å². The van der Waals surface area contributed by atoms with E-state index in [1.165, 1.54) is 0 Å². The van der Waals surface area contributed by atoms with E-state index in [9.17, 15) is 9.59 Å². The van der Waals surface area contributed by atoms with Gasteiger partial charge in [-0.2, -0.15) is 5.10 Å². The van der Waals surface area contributed by atoms with E-state index in [1.807, 2.05) is 20.8 Å². The molecule has 1 atom stereocenters. The number of carbonyl (C=O) groups excluding carboxylic acids is 1. The maximum Gasteiger partial charge on any atom is 0.326 e. The van der Waals surface area contributed by atoms with E-state index >= 15 is 0 Å². The number of aliphatic carboxylic acids is 1. The average molecular weight is 296 g/mol. The summed E-state index contributed by atoms with van der Waals surface area (Å²) < 4.78 is 0. The molecule has 1 aromatic heterocycles. The van der Waals surface area contributed by atoms with Crippen molar-refractivity contribution >= 4 is 12.0 Å². The van der Waals surface area contributed by atoms with Crippen LogP contribution in [0, 0.1) is 12.8 Å². The molecule has 7 heteroatoms. The first-order valence-corrected chi connectivity index (χ1v) is 7.16. The number of aromatic amines is 1. The van der Waals surface area contributed by atoms with Crippen molar-refractivity contribution in [1.29, 1.82) is 0 Å². The van der Waals surface area contributed by atoms with Crippen LogP contribution in [0.3, 0.4) is 0 Å². The third-order valence-electron chi connectivity index (χ3n) is 3.15. The molecule has 1 heterocycles. The Kier molecular flexibility index (Phi) is 6.71. The lowest BCUT2D eigenvalue weighted by molar-refractivity contribution is -0.139. The number of carboxylic acid groups (broad SMARTS) is 1. The second-order valence-corrected chi connectivity index (χ2v) is 5.54. The lowest BCUT2D eigenvalue weighted by atomic mass is 10.0. The van der Waals surface area contributed by atoms with Crippen molar-refractivity contribution in [3.63, 3.8) is 0 Å². The number of nitrogens with zero attached hydrogens (tertiary/aromatic N) is 1. The summed E-state index contributed by atoms with van der Waals surface area (Å²) in [4.78, 5) is 22.7. The number of aryl methyl sites for hydroxylation is 2. The number of carbonyl (C=O) groups is 2. The fourth-order valence-corrected chi connectivity index (χ4v) is 2.01. The van der Waals surface area contributed by atoms with Crippen LogP contribution in [-0.4, -0.2) is 39.9 Å². The molecule has 0 bridgehead atoms. The lowest BCUT2D eigenvalue weighted by Crippen LogP contribution is -2.46. The van der Waals surface area contributed by atoms with Gasteiger partial charge in [-0.3, -0.25) is 5.10 Å². The standard InChI is InChI=1S/C14H24N4O3/c1-9(2)7-12(13(19)20)17-14(21)15-6-4-5-11-8-16-18-10(11)3/h8-9,12H,4-7H2,1-3H3,(H,16,18)(H,19,20)(H2,15,17,21)/t12-/m0/s1. The Morgan fingerprint density at radius 1 is 1.43 bits per heavy atom. The van der Waals surface area contributed by atoms with Crippen LogP contribution in [0.5, 0.6) is 0 Å². The van der Waals surface area contributed by atoms with E-state index < -0.39 is 18.0 Å². The quantitative estimate of drug-likeness (QED) is 0.545. The van der Waals surface area contributed by atoms with Gasteiger partial charge in [-0.15, -0.1) is 0 Å². The van der Waals surface area contributed by atoms with Crippen molar-refractivity contribution in [3.8, 4) is 0 Å². The number of H-pyrrole nitrogens is 1. The molecule has 0 saturated carbocycles. The highest BCUT2D eigenvalue weighted by Gasteiger charge is 2.20. The van der Waals surface area contributed by atoms with Crippen molar-refractivity contribution < 1.29 is 14.7 Å². The molecule has 21 heavy (non-hydrogen) atoms. The fraction of sp³-hybridized carbons (Fsp3) is 0.643. The van der Waals surface area contributed by atoms with Crippen LogP contribution in [0.4, 0.5) is 4.79 Å². The highest BCUT2D eigenvalue weighted by molar-refractivity contribution is 5.82. The van der Waals surface area contributed by atoms with E-state index in [-0.39, 0.29) is 5.92 Å². The van der Waals surface area contributed by atoms with Gasteiger partial charge in [0, 0.05) is 12.2 Å². The van der Waals surface area contributed by atoms with Crippen LogP contribution in [0.25, 0.3) is 0 Å². The van der Waals surface area contributed by atoms with Crippen molar-refractivity contribution in [2.24, 2.45) is 5.92 Å². The van der Waals surface area contributed by atoms with Gasteiger partial charge in [0.1, 0.15) is 6.04 Å². The zero-order chi connectivity index (χ0) is 15.8. The van der Waals surface area contributed by atoms with E-state index in [1.54, 1.807) is 6.20 Å². The number of hydrogen-bond donors (Lipinski definition) is 4. The highest BCUT2D eigenvalue weighted by atomic mass is 16.4. The van der Waals surface area contributed by atoms with Crippen LogP contribution in [0.15, 0.2) is 6.20 Å². The SMILES string of the molecule is Cc1[nH]ncc1CCCNC(=O)N[C@@H](CC(C)C)C(=O)O. The molecular formula is C14H24N4O3. The molecule has 7 nitrogen and oxygen atoms in total. The van der Waals surface area contributed by atoms with Gasteiger partial charge in [-0.25, -0.2) is 9.59 Å². The molecule has 0 fully saturated rings. The maximum absolute atomic E-state index is 11.7. The Morgan fingerprint density at radius 2 is 2.14 bits per heavy atom. The number of carboxylic acids is 1. The molecule has 0 unspecified atom stereocenters. The molecule has 0 aliphatic carbocycles. The van der Waals surface area contributed by atoms with Gasteiger partial charge >= 0.3 is 12.0 Å². The summed E-state index contributed by atoms with van der Waals surface area (Å²) in [6.45, 7) is 6.28. The predicted octanol–water partition coefficient (Wildman–Crippen LogP) is 1.45. The van der Waals surface area contributed by atoms with E-state index in [4.69, 9.17) is 5.11 Å². The highest BCUT2D eigenvalue weighted by Crippen LogP contribution is 2.06. The van der Waals surface area contributed by atoms with E-state index in [0.717, 1.165) is 24.1 Å². The number of hydrogen-bond acceptors (Lipinski definition) is 3. The first-order chi connectivity index (χ1) is 9.90. The topological polar surface area (TPSA) is 107 Å². The summed E-state index contributed by atoms with van der Waals surface area (Å²) in [7, 11) is 0. The summed E-state index contributed by atoms with van der Waals surface area (Å²) >= 11 is 0. The zero-order valence-electron chi connectivity index (χ0n) is 12.8. The Balaban J connectivity index is 2.26.